The molecular weight excluding hydrogens is 282 g/mol. The number of sulfonamides is 1. The van der Waals surface area contributed by atoms with Crippen LogP contribution in [0.2, 0.25) is 0 Å². The van der Waals surface area contributed by atoms with Crippen molar-refractivity contribution in [2.45, 2.75) is 18.7 Å². The van der Waals surface area contributed by atoms with Gasteiger partial charge in [0, 0.05) is 6.54 Å². The molecule has 0 fully saturated rings. The second kappa shape index (κ2) is 7.11. The fourth-order valence-electron chi connectivity index (χ4n) is 1.51. The zero-order chi connectivity index (χ0) is 15.2. The van der Waals surface area contributed by atoms with Gasteiger partial charge in [-0.05, 0) is 25.1 Å². The largest absolute Gasteiger partial charge is 0.465 e. The molecule has 0 saturated carbocycles. The van der Waals surface area contributed by atoms with E-state index < -0.39 is 16.0 Å². The van der Waals surface area contributed by atoms with E-state index in [0.29, 0.717) is 11.4 Å². The van der Waals surface area contributed by atoms with Crippen LogP contribution in [0.1, 0.15) is 13.8 Å². The molecule has 1 aromatic rings. The van der Waals surface area contributed by atoms with E-state index in [1.165, 1.54) is 18.2 Å². The smallest absolute Gasteiger partial charge is 0.325 e. The lowest BCUT2D eigenvalue weighted by atomic mass is 10.2. The highest BCUT2D eigenvalue weighted by Crippen LogP contribution is 2.22. The van der Waals surface area contributed by atoms with Gasteiger partial charge in [0.25, 0.3) is 0 Å². The van der Waals surface area contributed by atoms with Crippen LogP contribution in [0.4, 0.5) is 11.4 Å². The average molecular weight is 301 g/mol. The first-order chi connectivity index (χ1) is 9.40. The second-order valence-electron chi connectivity index (χ2n) is 3.91. The van der Waals surface area contributed by atoms with Crippen molar-refractivity contribution in [2.75, 3.05) is 30.7 Å². The van der Waals surface area contributed by atoms with E-state index >= 15 is 0 Å². The van der Waals surface area contributed by atoms with Crippen LogP contribution >= 0.6 is 0 Å². The molecule has 0 atom stereocenters. The molecule has 0 aliphatic carbocycles. The third-order valence-electron chi connectivity index (χ3n) is 2.40. The summed E-state index contributed by atoms with van der Waals surface area (Å²) in [7, 11) is -3.56. The Balaban J connectivity index is 2.90. The van der Waals surface area contributed by atoms with E-state index in [1.54, 1.807) is 13.8 Å². The summed E-state index contributed by atoms with van der Waals surface area (Å²) in [6.45, 7) is 3.89. The number of ether oxygens (including phenoxy) is 1. The number of nitrogens with two attached hydrogens (primary N) is 1. The normalized spacial score (nSPS) is 11.1. The topological polar surface area (TPSA) is 111 Å². The molecule has 0 amide bonds. The van der Waals surface area contributed by atoms with Gasteiger partial charge in [0.2, 0.25) is 10.0 Å². The number of nitrogen functional groups attached to an aromatic ring is 1. The Hall–Kier alpha value is -1.80. The average Bonchev–Trinajstić information content (AvgIpc) is 2.37. The van der Waals surface area contributed by atoms with Crippen molar-refractivity contribution in [2.24, 2.45) is 0 Å². The van der Waals surface area contributed by atoms with Crippen molar-refractivity contribution in [1.82, 2.24) is 4.72 Å². The summed E-state index contributed by atoms with van der Waals surface area (Å²) in [6, 6.07) is 4.26. The van der Waals surface area contributed by atoms with Crippen molar-refractivity contribution in [3.8, 4) is 0 Å². The van der Waals surface area contributed by atoms with Crippen LogP contribution in [-0.4, -0.2) is 34.1 Å². The van der Waals surface area contributed by atoms with E-state index in [4.69, 9.17) is 10.5 Å². The van der Waals surface area contributed by atoms with Crippen molar-refractivity contribution in [3.63, 3.8) is 0 Å². The van der Waals surface area contributed by atoms with Crippen LogP contribution in [0.3, 0.4) is 0 Å². The number of hydrogen-bond acceptors (Lipinski definition) is 6. The Labute approximate surface area is 118 Å². The molecule has 4 N–H and O–H groups in total. The highest BCUT2D eigenvalue weighted by molar-refractivity contribution is 7.89. The summed E-state index contributed by atoms with van der Waals surface area (Å²) >= 11 is 0. The fourth-order valence-corrected chi connectivity index (χ4v) is 2.58. The number of hydrogen-bond donors (Lipinski definition) is 3. The van der Waals surface area contributed by atoms with Crippen LogP contribution < -0.4 is 15.8 Å². The van der Waals surface area contributed by atoms with Crippen LogP contribution in [0.25, 0.3) is 0 Å². The summed E-state index contributed by atoms with van der Waals surface area (Å²) in [6.07, 6.45) is 0. The standard InChI is InChI=1S/C12H19N3O4S/c1-3-15-20(17,18)9-5-6-10(13)11(7-9)14-8-12(16)19-4-2/h5-7,14-15H,3-4,8,13H2,1-2H3. The summed E-state index contributed by atoms with van der Waals surface area (Å²) in [5.74, 6) is -0.438. The Morgan fingerprint density at radius 2 is 2.05 bits per heavy atom. The second-order valence-corrected chi connectivity index (χ2v) is 5.68. The van der Waals surface area contributed by atoms with Crippen LogP contribution in [0, 0.1) is 0 Å². The summed E-state index contributed by atoms with van der Waals surface area (Å²) in [5.41, 5.74) is 6.46. The van der Waals surface area contributed by atoms with Crippen molar-refractivity contribution in [3.05, 3.63) is 18.2 Å². The van der Waals surface area contributed by atoms with Crippen LogP contribution in [-0.2, 0) is 19.6 Å². The molecule has 8 heteroatoms. The van der Waals surface area contributed by atoms with Crippen LogP contribution in [0.15, 0.2) is 23.1 Å². The zero-order valence-corrected chi connectivity index (χ0v) is 12.3. The first kappa shape index (κ1) is 16.3. The maximum atomic E-state index is 11.9. The van der Waals surface area contributed by atoms with Gasteiger partial charge in [-0.15, -0.1) is 0 Å². The first-order valence-corrected chi connectivity index (χ1v) is 7.67. The highest BCUT2D eigenvalue weighted by Gasteiger charge is 2.14. The Bertz CT molecular complexity index is 572. The fraction of sp³-hybridized carbons (Fsp3) is 0.417. The first-order valence-electron chi connectivity index (χ1n) is 6.19. The van der Waals surface area contributed by atoms with Gasteiger partial charge in [0.05, 0.1) is 22.9 Å². The van der Waals surface area contributed by atoms with Gasteiger partial charge in [0.1, 0.15) is 6.54 Å². The van der Waals surface area contributed by atoms with E-state index in [1.807, 2.05) is 0 Å². The molecule has 0 aliphatic heterocycles. The maximum absolute atomic E-state index is 11.9. The predicted octanol–water partition coefficient (Wildman–Crippen LogP) is 0.542. The minimum atomic E-state index is -3.56. The molecule has 20 heavy (non-hydrogen) atoms. The van der Waals surface area contributed by atoms with E-state index in [0.717, 1.165) is 0 Å². The Morgan fingerprint density at radius 3 is 2.65 bits per heavy atom. The molecule has 0 radical (unpaired) electrons. The summed E-state index contributed by atoms with van der Waals surface area (Å²) in [4.78, 5) is 11.3. The number of carbonyl (C=O) groups is 1. The van der Waals surface area contributed by atoms with Gasteiger partial charge < -0.3 is 15.8 Å². The van der Waals surface area contributed by atoms with E-state index in [2.05, 4.69) is 10.0 Å². The van der Waals surface area contributed by atoms with Gasteiger partial charge in [-0.3, -0.25) is 4.79 Å². The molecule has 0 heterocycles. The maximum Gasteiger partial charge on any atom is 0.325 e. The van der Waals surface area contributed by atoms with Gasteiger partial charge in [-0.25, -0.2) is 13.1 Å². The van der Waals surface area contributed by atoms with Gasteiger partial charge in [0.15, 0.2) is 0 Å². The van der Waals surface area contributed by atoms with Crippen molar-refractivity contribution >= 4 is 27.4 Å². The zero-order valence-electron chi connectivity index (χ0n) is 11.5. The molecule has 0 spiro atoms. The molecule has 0 aliphatic rings. The summed E-state index contributed by atoms with van der Waals surface area (Å²) in [5, 5.41) is 2.76. The lowest BCUT2D eigenvalue weighted by Crippen LogP contribution is -2.23. The molecule has 7 nitrogen and oxygen atoms in total. The molecule has 0 unspecified atom stereocenters. The van der Waals surface area contributed by atoms with E-state index in [-0.39, 0.29) is 24.6 Å². The number of carbonyl (C=O) groups excluding carboxylic acids is 1. The Kier molecular flexibility index (Phi) is 5.78. The van der Waals surface area contributed by atoms with Gasteiger partial charge in [-0.1, -0.05) is 6.92 Å². The predicted molar refractivity (Wildman–Crippen MR) is 76.8 cm³/mol. The summed E-state index contributed by atoms with van der Waals surface area (Å²) < 4.78 is 30.9. The highest BCUT2D eigenvalue weighted by atomic mass is 32.2. The molecule has 0 aromatic heterocycles. The molecular formula is C12H19N3O4S. The monoisotopic (exact) mass is 301 g/mol. The number of anilines is 2. The number of esters is 1. The Morgan fingerprint density at radius 1 is 1.35 bits per heavy atom. The van der Waals surface area contributed by atoms with Gasteiger partial charge in [-0.2, -0.15) is 0 Å². The number of benzene rings is 1. The SMILES string of the molecule is CCNS(=O)(=O)c1ccc(N)c(NCC(=O)OCC)c1. The van der Waals surface area contributed by atoms with Gasteiger partial charge >= 0.3 is 5.97 Å². The number of nitrogens with one attached hydrogen (secondary N) is 2. The van der Waals surface area contributed by atoms with Crippen molar-refractivity contribution in [1.29, 1.82) is 0 Å². The lowest BCUT2D eigenvalue weighted by Gasteiger charge is -2.11. The third-order valence-corrected chi connectivity index (χ3v) is 3.94. The molecule has 0 bridgehead atoms. The third kappa shape index (κ3) is 4.39. The minimum absolute atomic E-state index is 0.0806. The molecule has 0 saturated heterocycles. The molecule has 1 rings (SSSR count). The van der Waals surface area contributed by atoms with E-state index in [9.17, 15) is 13.2 Å². The van der Waals surface area contributed by atoms with Crippen molar-refractivity contribution < 1.29 is 17.9 Å². The minimum Gasteiger partial charge on any atom is -0.465 e. The molecule has 1 aromatic carbocycles. The number of rotatable bonds is 7. The van der Waals surface area contributed by atoms with Crippen LogP contribution in [0.5, 0.6) is 0 Å². The quantitative estimate of drug-likeness (QED) is 0.501. The lowest BCUT2D eigenvalue weighted by molar-refractivity contribution is -0.140. The molecule has 112 valence electrons.